The summed E-state index contributed by atoms with van der Waals surface area (Å²) in [5, 5.41) is 8.86. The van der Waals surface area contributed by atoms with E-state index in [-0.39, 0.29) is 11.8 Å². The van der Waals surface area contributed by atoms with E-state index in [2.05, 4.69) is 20.8 Å². The molecule has 4 heteroatoms. The first-order valence-electron chi connectivity index (χ1n) is 6.47. The molecule has 0 saturated heterocycles. The Morgan fingerprint density at radius 2 is 2.11 bits per heavy atom. The Hall–Kier alpha value is -1.55. The summed E-state index contributed by atoms with van der Waals surface area (Å²) in [6.45, 7) is 6.43. The van der Waals surface area contributed by atoms with E-state index in [4.69, 9.17) is 15.6 Å². The molecule has 19 heavy (non-hydrogen) atoms. The van der Waals surface area contributed by atoms with Gasteiger partial charge in [-0.25, -0.2) is 0 Å². The molecule has 0 fully saturated rings. The van der Waals surface area contributed by atoms with Crippen LogP contribution >= 0.6 is 0 Å². The maximum absolute atomic E-state index is 10.8. The lowest BCUT2D eigenvalue weighted by atomic mass is 9.81. The number of carboxylic acid groups (broad SMARTS) is 1. The molecule has 1 rings (SSSR count). The van der Waals surface area contributed by atoms with Crippen LogP contribution in [0.2, 0.25) is 0 Å². The summed E-state index contributed by atoms with van der Waals surface area (Å²) in [6.07, 6.45) is 0.888. The van der Waals surface area contributed by atoms with Crippen LogP contribution in [0.3, 0.4) is 0 Å². The fourth-order valence-corrected chi connectivity index (χ4v) is 1.95. The highest BCUT2D eigenvalue weighted by Crippen LogP contribution is 2.33. The van der Waals surface area contributed by atoms with Gasteiger partial charge in [-0.3, -0.25) is 4.79 Å². The predicted molar refractivity (Wildman–Crippen MR) is 75.5 cm³/mol. The third-order valence-corrected chi connectivity index (χ3v) is 3.69. The van der Waals surface area contributed by atoms with Crippen molar-refractivity contribution in [3.63, 3.8) is 0 Å². The van der Waals surface area contributed by atoms with Gasteiger partial charge in [0.1, 0.15) is 5.75 Å². The highest BCUT2D eigenvalue weighted by molar-refractivity contribution is 5.68. The first-order valence-corrected chi connectivity index (χ1v) is 6.47. The van der Waals surface area contributed by atoms with Crippen LogP contribution in [-0.2, 0) is 10.2 Å². The first-order chi connectivity index (χ1) is 8.81. The molecule has 0 saturated carbocycles. The van der Waals surface area contributed by atoms with E-state index in [1.165, 1.54) is 0 Å². The van der Waals surface area contributed by atoms with Gasteiger partial charge in [-0.05, 0) is 29.5 Å². The molecule has 0 aliphatic heterocycles. The molecule has 0 amide bonds. The van der Waals surface area contributed by atoms with Crippen LogP contribution in [0.5, 0.6) is 5.75 Å². The van der Waals surface area contributed by atoms with Gasteiger partial charge in [0.2, 0.25) is 0 Å². The zero-order valence-corrected chi connectivity index (χ0v) is 12.1. The highest BCUT2D eigenvalue weighted by atomic mass is 16.5. The average Bonchev–Trinajstić information content (AvgIpc) is 2.37. The number of hydrogen-bond acceptors (Lipinski definition) is 3. The summed E-state index contributed by atoms with van der Waals surface area (Å²) in [7, 11) is 1.57. The number of benzene rings is 1. The van der Waals surface area contributed by atoms with Gasteiger partial charge in [0.05, 0.1) is 13.5 Å². The van der Waals surface area contributed by atoms with Crippen LogP contribution in [0.1, 0.15) is 50.8 Å². The molecule has 1 aromatic carbocycles. The van der Waals surface area contributed by atoms with Crippen molar-refractivity contribution < 1.29 is 14.6 Å². The van der Waals surface area contributed by atoms with E-state index in [0.29, 0.717) is 5.75 Å². The molecule has 3 N–H and O–H groups in total. The average molecular weight is 265 g/mol. The third kappa shape index (κ3) is 3.70. The zero-order chi connectivity index (χ0) is 14.6. The van der Waals surface area contributed by atoms with E-state index in [0.717, 1.165) is 17.5 Å². The number of carboxylic acids is 1. The maximum atomic E-state index is 10.8. The summed E-state index contributed by atoms with van der Waals surface area (Å²) in [5.74, 6) is -0.265. The smallest absolute Gasteiger partial charge is 0.305 e. The third-order valence-electron chi connectivity index (χ3n) is 3.69. The number of hydrogen-bond donors (Lipinski definition) is 2. The Bertz CT molecular complexity index is 455. The molecule has 0 heterocycles. The van der Waals surface area contributed by atoms with Crippen LogP contribution < -0.4 is 10.5 Å². The number of ether oxygens (including phenoxy) is 1. The normalized spacial score (nSPS) is 13.1. The standard InChI is InChI=1S/C15H23NO3/c1-5-15(2,3)10-6-7-13(19-4)11(8-10)12(16)9-14(17)18/h6-8,12H,5,9,16H2,1-4H3,(H,17,18). The molecule has 0 aromatic heterocycles. The summed E-state index contributed by atoms with van der Waals surface area (Å²) in [6, 6.07) is 5.29. The lowest BCUT2D eigenvalue weighted by Gasteiger charge is -2.25. The SMILES string of the molecule is CCC(C)(C)c1ccc(OC)c(C(N)CC(=O)O)c1. The summed E-state index contributed by atoms with van der Waals surface area (Å²) >= 11 is 0. The molecule has 1 unspecified atom stereocenters. The number of nitrogens with two attached hydrogens (primary N) is 1. The van der Waals surface area contributed by atoms with Gasteiger partial charge < -0.3 is 15.6 Å². The minimum atomic E-state index is -0.908. The monoisotopic (exact) mass is 265 g/mol. The van der Waals surface area contributed by atoms with Crippen LogP contribution in [0.25, 0.3) is 0 Å². The summed E-state index contributed by atoms with van der Waals surface area (Å²) < 4.78 is 5.28. The number of carbonyl (C=O) groups is 1. The topological polar surface area (TPSA) is 72.5 Å². The first kappa shape index (κ1) is 15.5. The Kier molecular flexibility index (Phi) is 4.95. The number of rotatable bonds is 6. The fraction of sp³-hybridized carbons (Fsp3) is 0.533. The van der Waals surface area contributed by atoms with Crippen LogP contribution in [0.4, 0.5) is 0 Å². The van der Waals surface area contributed by atoms with Gasteiger partial charge in [-0.2, -0.15) is 0 Å². The second kappa shape index (κ2) is 6.06. The Labute approximate surface area is 114 Å². The minimum Gasteiger partial charge on any atom is -0.496 e. The van der Waals surface area contributed by atoms with Crippen molar-refractivity contribution in [3.05, 3.63) is 29.3 Å². The second-order valence-corrected chi connectivity index (χ2v) is 5.40. The largest absolute Gasteiger partial charge is 0.496 e. The predicted octanol–water partition coefficient (Wildman–Crippen LogP) is 2.86. The molecule has 0 radical (unpaired) electrons. The molecule has 4 nitrogen and oxygen atoms in total. The molecule has 0 aliphatic carbocycles. The van der Waals surface area contributed by atoms with Gasteiger partial charge in [-0.15, -0.1) is 0 Å². The lowest BCUT2D eigenvalue weighted by molar-refractivity contribution is -0.137. The summed E-state index contributed by atoms with van der Waals surface area (Å²) in [4.78, 5) is 10.8. The van der Waals surface area contributed by atoms with E-state index >= 15 is 0 Å². The van der Waals surface area contributed by atoms with E-state index < -0.39 is 12.0 Å². The van der Waals surface area contributed by atoms with Crippen molar-refractivity contribution in [2.45, 2.75) is 45.1 Å². The van der Waals surface area contributed by atoms with E-state index in [1.54, 1.807) is 7.11 Å². The van der Waals surface area contributed by atoms with Crippen molar-refractivity contribution in [1.29, 1.82) is 0 Å². The molecule has 106 valence electrons. The van der Waals surface area contributed by atoms with Gasteiger partial charge in [-0.1, -0.05) is 26.8 Å². The Morgan fingerprint density at radius 3 is 2.58 bits per heavy atom. The highest BCUT2D eigenvalue weighted by Gasteiger charge is 2.22. The molecular formula is C15H23NO3. The fourth-order valence-electron chi connectivity index (χ4n) is 1.95. The van der Waals surface area contributed by atoms with E-state index in [9.17, 15) is 4.79 Å². The molecule has 1 atom stereocenters. The maximum Gasteiger partial charge on any atom is 0.305 e. The lowest BCUT2D eigenvalue weighted by Crippen LogP contribution is -2.19. The van der Waals surface area contributed by atoms with Crippen molar-refractivity contribution >= 4 is 5.97 Å². The van der Waals surface area contributed by atoms with Crippen LogP contribution in [-0.4, -0.2) is 18.2 Å². The van der Waals surface area contributed by atoms with Crippen LogP contribution in [0, 0.1) is 0 Å². The van der Waals surface area contributed by atoms with Gasteiger partial charge >= 0.3 is 5.97 Å². The summed E-state index contributed by atoms with van der Waals surface area (Å²) in [5.41, 5.74) is 7.90. The van der Waals surface area contributed by atoms with Crippen molar-refractivity contribution in [2.24, 2.45) is 5.73 Å². The van der Waals surface area contributed by atoms with Gasteiger partial charge in [0, 0.05) is 11.6 Å². The van der Waals surface area contributed by atoms with Crippen molar-refractivity contribution in [3.8, 4) is 5.75 Å². The van der Waals surface area contributed by atoms with Crippen molar-refractivity contribution in [2.75, 3.05) is 7.11 Å². The van der Waals surface area contributed by atoms with Crippen LogP contribution in [0.15, 0.2) is 18.2 Å². The van der Waals surface area contributed by atoms with Crippen molar-refractivity contribution in [1.82, 2.24) is 0 Å². The van der Waals surface area contributed by atoms with E-state index in [1.807, 2.05) is 18.2 Å². The number of aliphatic carboxylic acids is 1. The van der Waals surface area contributed by atoms with Gasteiger partial charge in [0.15, 0.2) is 0 Å². The van der Waals surface area contributed by atoms with Gasteiger partial charge in [0.25, 0.3) is 0 Å². The second-order valence-electron chi connectivity index (χ2n) is 5.40. The molecule has 0 spiro atoms. The molecule has 1 aromatic rings. The Balaban J connectivity index is 3.20. The quantitative estimate of drug-likeness (QED) is 0.829. The molecular weight excluding hydrogens is 242 g/mol. The molecule has 0 bridgehead atoms. The number of methoxy groups -OCH3 is 1. The Morgan fingerprint density at radius 1 is 1.47 bits per heavy atom. The molecule has 0 aliphatic rings. The zero-order valence-electron chi connectivity index (χ0n) is 12.1. The minimum absolute atomic E-state index is 0.0317.